The van der Waals surface area contributed by atoms with Crippen molar-refractivity contribution in [2.75, 3.05) is 13.2 Å². The van der Waals surface area contributed by atoms with E-state index >= 15 is 0 Å². The Balaban J connectivity index is 0.000000483. The van der Waals surface area contributed by atoms with E-state index < -0.39 is 15.2 Å². The quantitative estimate of drug-likeness (QED) is 0.502. The van der Waals surface area contributed by atoms with Crippen LogP contribution in [0.15, 0.2) is 36.4 Å². The summed E-state index contributed by atoms with van der Waals surface area (Å²) in [6.07, 6.45) is 0. The van der Waals surface area contributed by atoms with Crippen LogP contribution in [-0.2, 0) is 35.2 Å². The molecular formula is C16H24MnN2O6P2. The van der Waals surface area contributed by atoms with Crippen molar-refractivity contribution in [1.29, 1.82) is 0 Å². The maximum Gasteiger partial charge on any atom is 0.376 e. The minimum absolute atomic E-state index is 0. The molecule has 0 spiro atoms. The molecule has 11 heteroatoms. The Morgan fingerprint density at radius 3 is 1.41 bits per heavy atom. The fraction of sp³-hybridized carbons (Fsp3) is 0.375. The molecule has 2 N–H and O–H groups in total. The van der Waals surface area contributed by atoms with Crippen LogP contribution in [0.25, 0.3) is 0 Å². The standard InChI is InChI=1S/2C8H12NO3P.Mn/c2*1-3-12-13(10,11)8-6-4-5-7(2)9-8;/h2*4-6H,3H2,1-2H3,(H,10,11);. The normalized spacial score (nSPS) is 14.7. The number of rotatable bonds is 6. The average Bonchev–Trinajstić information content (AvgIpc) is 2.55. The predicted molar refractivity (Wildman–Crippen MR) is 100 cm³/mol. The van der Waals surface area contributed by atoms with Gasteiger partial charge in [0.2, 0.25) is 0 Å². The summed E-state index contributed by atoms with van der Waals surface area (Å²) in [7, 11) is -7.37. The Hall–Kier alpha value is -0.881. The number of hydrogen-bond acceptors (Lipinski definition) is 6. The summed E-state index contributed by atoms with van der Waals surface area (Å²) >= 11 is 0. The first-order chi connectivity index (χ1) is 12.1. The molecule has 0 aliphatic heterocycles. The van der Waals surface area contributed by atoms with E-state index in [1.54, 1.807) is 52.0 Å². The van der Waals surface area contributed by atoms with Crippen molar-refractivity contribution >= 4 is 26.1 Å². The zero-order valence-corrected chi connectivity index (χ0v) is 18.5. The van der Waals surface area contributed by atoms with Crippen molar-refractivity contribution in [3.63, 3.8) is 0 Å². The van der Waals surface area contributed by atoms with E-state index in [9.17, 15) is 18.9 Å². The van der Waals surface area contributed by atoms with Crippen molar-refractivity contribution < 1.29 is 45.0 Å². The summed E-state index contributed by atoms with van der Waals surface area (Å²) in [6, 6.07) is 9.86. The maximum atomic E-state index is 11.4. The van der Waals surface area contributed by atoms with Crippen molar-refractivity contribution in [3.05, 3.63) is 47.8 Å². The second-order valence-corrected chi connectivity index (χ2v) is 8.67. The molecule has 8 nitrogen and oxygen atoms in total. The summed E-state index contributed by atoms with van der Waals surface area (Å²) in [5, 5.41) is 0. The third kappa shape index (κ3) is 8.77. The van der Waals surface area contributed by atoms with Gasteiger partial charge in [0.25, 0.3) is 0 Å². The smallest absolute Gasteiger partial charge is 0.320 e. The van der Waals surface area contributed by atoms with Gasteiger partial charge in [-0.1, -0.05) is 12.1 Å². The van der Waals surface area contributed by atoms with Crippen LogP contribution >= 0.6 is 15.2 Å². The average molecular weight is 457 g/mol. The fourth-order valence-corrected chi connectivity index (χ4v) is 3.94. The monoisotopic (exact) mass is 457 g/mol. The Labute approximate surface area is 169 Å². The second-order valence-electron chi connectivity index (χ2n) is 5.15. The zero-order chi connectivity index (χ0) is 19.8. The van der Waals surface area contributed by atoms with Gasteiger partial charge in [0.1, 0.15) is 0 Å². The SMILES string of the molecule is CCOP(=O)(O)c1cccc(C)n1.CCOP(=O)(O)c1cccc(C)n1.[Mn]. The van der Waals surface area contributed by atoms with Crippen LogP contribution in [0, 0.1) is 13.8 Å². The largest absolute Gasteiger partial charge is 0.376 e. The molecule has 0 bridgehead atoms. The summed E-state index contributed by atoms with van der Waals surface area (Å²) in [5.74, 6) is 0. The van der Waals surface area contributed by atoms with E-state index in [2.05, 4.69) is 9.97 Å². The van der Waals surface area contributed by atoms with Gasteiger partial charge in [-0.2, -0.15) is 0 Å². The van der Waals surface area contributed by atoms with E-state index in [1.807, 2.05) is 0 Å². The maximum absolute atomic E-state index is 11.4. The number of aromatic nitrogens is 2. The van der Waals surface area contributed by atoms with Gasteiger partial charge in [-0.25, -0.2) is 9.97 Å². The number of hydrogen-bond donors (Lipinski definition) is 2. The molecule has 0 aromatic carbocycles. The van der Waals surface area contributed by atoms with Gasteiger partial charge < -0.3 is 18.8 Å². The summed E-state index contributed by atoms with van der Waals surface area (Å²) in [5.41, 5.74) is 1.61. The molecule has 2 rings (SSSR count). The van der Waals surface area contributed by atoms with E-state index in [-0.39, 0.29) is 41.2 Å². The third-order valence-corrected chi connectivity index (χ3v) is 5.81. The van der Waals surface area contributed by atoms with Crippen LogP contribution in [0.4, 0.5) is 0 Å². The van der Waals surface area contributed by atoms with E-state index in [0.717, 1.165) is 0 Å². The molecule has 0 fully saturated rings. The first-order valence-electron chi connectivity index (χ1n) is 7.95. The second kappa shape index (κ2) is 11.8. The van der Waals surface area contributed by atoms with Gasteiger partial charge in [-0.3, -0.25) is 9.13 Å². The van der Waals surface area contributed by atoms with Gasteiger partial charge in [0, 0.05) is 28.5 Å². The van der Waals surface area contributed by atoms with Gasteiger partial charge in [0.05, 0.1) is 13.2 Å². The molecule has 2 heterocycles. The van der Waals surface area contributed by atoms with Crippen LogP contribution in [-0.4, -0.2) is 33.0 Å². The molecule has 0 saturated heterocycles. The molecule has 1 radical (unpaired) electrons. The van der Waals surface area contributed by atoms with Crippen molar-refractivity contribution in [1.82, 2.24) is 9.97 Å². The topological polar surface area (TPSA) is 119 Å². The Morgan fingerprint density at radius 1 is 0.815 bits per heavy atom. The van der Waals surface area contributed by atoms with E-state index in [1.165, 1.54) is 12.1 Å². The molecule has 0 aliphatic rings. The van der Waals surface area contributed by atoms with Gasteiger partial charge in [-0.15, -0.1) is 0 Å². The number of pyridine rings is 2. The van der Waals surface area contributed by atoms with Gasteiger partial charge >= 0.3 is 15.2 Å². The van der Waals surface area contributed by atoms with Crippen LogP contribution in [0.1, 0.15) is 25.2 Å². The van der Waals surface area contributed by atoms with Crippen LogP contribution in [0.2, 0.25) is 0 Å². The zero-order valence-electron chi connectivity index (χ0n) is 15.6. The van der Waals surface area contributed by atoms with Crippen molar-refractivity contribution in [2.24, 2.45) is 0 Å². The van der Waals surface area contributed by atoms with E-state index in [4.69, 9.17) is 9.05 Å². The van der Waals surface area contributed by atoms with Crippen LogP contribution in [0.5, 0.6) is 0 Å². The third-order valence-electron chi connectivity index (χ3n) is 2.93. The predicted octanol–water partition coefficient (Wildman–Crippen LogP) is 2.47. The van der Waals surface area contributed by atoms with E-state index in [0.29, 0.717) is 11.4 Å². The summed E-state index contributed by atoms with van der Waals surface area (Å²) < 4.78 is 32.3. The first-order valence-corrected chi connectivity index (χ1v) is 11.1. The molecule has 2 unspecified atom stereocenters. The van der Waals surface area contributed by atoms with Gasteiger partial charge in [0.15, 0.2) is 10.9 Å². The summed E-state index contributed by atoms with van der Waals surface area (Å²) in [4.78, 5) is 26.6. The number of aryl methyl sites for hydroxylation is 2. The molecule has 0 amide bonds. The molecule has 151 valence electrons. The Bertz CT molecular complexity index is 754. The van der Waals surface area contributed by atoms with Crippen molar-refractivity contribution in [3.8, 4) is 0 Å². The molecular weight excluding hydrogens is 433 g/mol. The molecule has 2 aromatic rings. The molecule has 27 heavy (non-hydrogen) atoms. The number of nitrogens with zero attached hydrogens (tertiary/aromatic N) is 2. The Morgan fingerprint density at radius 2 is 1.15 bits per heavy atom. The molecule has 0 aliphatic carbocycles. The van der Waals surface area contributed by atoms with Crippen LogP contribution in [0.3, 0.4) is 0 Å². The first kappa shape index (κ1) is 26.1. The van der Waals surface area contributed by atoms with Gasteiger partial charge in [-0.05, 0) is 52.0 Å². The molecule has 0 saturated carbocycles. The summed E-state index contributed by atoms with van der Waals surface area (Å²) in [6.45, 7) is 7.25. The van der Waals surface area contributed by atoms with Crippen LogP contribution < -0.4 is 10.9 Å². The minimum Gasteiger partial charge on any atom is -0.320 e. The van der Waals surface area contributed by atoms with Crippen molar-refractivity contribution in [2.45, 2.75) is 27.7 Å². The minimum atomic E-state index is -3.68. The molecule has 2 atom stereocenters. The Kier molecular flexibility index (Phi) is 11.5. The molecule has 2 aromatic heterocycles. The fourth-order valence-electron chi connectivity index (χ4n) is 1.85.